The SMILES string of the molecule is O=C(C1CCCO1)N1CCN(c2cccc(C(F)(F)F)c2)CC1. The standard InChI is InChI=1S/C16H19F3N2O2/c17-16(18,19)12-3-1-4-13(11-12)20-6-8-21(9-7-20)15(22)14-5-2-10-23-14/h1,3-4,11,14H,2,5-10H2. The number of ether oxygens (including phenoxy) is 1. The fourth-order valence-corrected chi connectivity index (χ4v) is 3.04. The van der Waals surface area contributed by atoms with Crippen molar-refractivity contribution in [2.45, 2.75) is 25.1 Å². The zero-order valence-electron chi connectivity index (χ0n) is 12.7. The summed E-state index contributed by atoms with van der Waals surface area (Å²) in [7, 11) is 0. The Hall–Kier alpha value is -1.76. The Morgan fingerprint density at radius 1 is 1.17 bits per heavy atom. The molecule has 0 saturated carbocycles. The highest BCUT2D eigenvalue weighted by atomic mass is 19.4. The Morgan fingerprint density at radius 3 is 2.52 bits per heavy atom. The highest BCUT2D eigenvalue weighted by Gasteiger charge is 2.32. The van der Waals surface area contributed by atoms with E-state index in [9.17, 15) is 18.0 Å². The van der Waals surface area contributed by atoms with Gasteiger partial charge in [0.2, 0.25) is 0 Å². The third-order valence-electron chi connectivity index (χ3n) is 4.34. The van der Waals surface area contributed by atoms with Crippen LogP contribution in [0.1, 0.15) is 18.4 Å². The number of benzene rings is 1. The van der Waals surface area contributed by atoms with Crippen LogP contribution < -0.4 is 4.90 Å². The first kappa shape index (κ1) is 16.1. The van der Waals surface area contributed by atoms with Gasteiger partial charge in [-0.1, -0.05) is 6.07 Å². The van der Waals surface area contributed by atoms with Crippen molar-refractivity contribution in [2.75, 3.05) is 37.7 Å². The van der Waals surface area contributed by atoms with Crippen molar-refractivity contribution in [3.8, 4) is 0 Å². The minimum absolute atomic E-state index is 0.00573. The number of anilines is 1. The van der Waals surface area contributed by atoms with Crippen molar-refractivity contribution in [3.63, 3.8) is 0 Å². The zero-order chi connectivity index (χ0) is 16.4. The molecule has 0 spiro atoms. The lowest BCUT2D eigenvalue weighted by Crippen LogP contribution is -2.51. The fraction of sp³-hybridized carbons (Fsp3) is 0.562. The van der Waals surface area contributed by atoms with Crippen molar-refractivity contribution in [1.29, 1.82) is 0 Å². The normalized spacial score (nSPS) is 22.5. The molecule has 2 aliphatic rings. The smallest absolute Gasteiger partial charge is 0.368 e. The van der Waals surface area contributed by atoms with Crippen LogP contribution in [0.5, 0.6) is 0 Å². The van der Waals surface area contributed by atoms with Gasteiger partial charge in [-0.2, -0.15) is 13.2 Å². The second-order valence-corrected chi connectivity index (χ2v) is 5.86. The lowest BCUT2D eigenvalue weighted by molar-refractivity contribution is -0.141. The number of hydrogen-bond acceptors (Lipinski definition) is 3. The molecule has 0 radical (unpaired) electrons. The third-order valence-corrected chi connectivity index (χ3v) is 4.34. The summed E-state index contributed by atoms with van der Waals surface area (Å²) >= 11 is 0. The lowest BCUT2D eigenvalue weighted by Gasteiger charge is -2.37. The predicted octanol–water partition coefficient (Wildman–Crippen LogP) is 2.53. The van der Waals surface area contributed by atoms with Crippen LogP contribution in [-0.2, 0) is 15.7 Å². The van der Waals surface area contributed by atoms with Gasteiger partial charge in [0.05, 0.1) is 5.56 Å². The first-order valence-corrected chi connectivity index (χ1v) is 7.78. The first-order chi connectivity index (χ1) is 10.9. The number of alkyl halides is 3. The fourth-order valence-electron chi connectivity index (χ4n) is 3.04. The van der Waals surface area contributed by atoms with Gasteiger partial charge in [-0.05, 0) is 31.0 Å². The van der Waals surface area contributed by atoms with Crippen LogP contribution in [0.4, 0.5) is 18.9 Å². The Balaban J connectivity index is 1.61. The van der Waals surface area contributed by atoms with Gasteiger partial charge in [0.25, 0.3) is 5.91 Å². The maximum Gasteiger partial charge on any atom is 0.416 e. The third kappa shape index (κ3) is 3.60. The van der Waals surface area contributed by atoms with Crippen LogP contribution >= 0.6 is 0 Å². The number of nitrogens with zero attached hydrogens (tertiary/aromatic N) is 2. The molecule has 2 aliphatic heterocycles. The molecule has 2 heterocycles. The number of hydrogen-bond donors (Lipinski definition) is 0. The van der Waals surface area contributed by atoms with E-state index >= 15 is 0 Å². The summed E-state index contributed by atoms with van der Waals surface area (Å²) in [4.78, 5) is 15.9. The van der Waals surface area contributed by atoms with E-state index in [4.69, 9.17) is 4.74 Å². The van der Waals surface area contributed by atoms with E-state index in [0.29, 0.717) is 38.5 Å². The average molecular weight is 328 g/mol. The summed E-state index contributed by atoms with van der Waals surface area (Å²) in [5.74, 6) is 0.00573. The first-order valence-electron chi connectivity index (χ1n) is 7.78. The molecule has 2 saturated heterocycles. The van der Waals surface area contributed by atoms with Crippen molar-refractivity contribution in [2.24, 2.45) is 0 Å². The minimum Gasteiger partial charge on any atom is -0.368 e. The van der Waals surface area contributed by atoms with Gasteiger partial charge in [-0.15, -0.1) is 0 Å². The lowest BCUT2D eigenvalue weighted by atomic mass is 10.1. The molecule has 0 aliphatic carbocycles. The monoisotopic (exact) mass is 328 g/mol. The van der Waals surface area contributed by atoms with E-state index in [-0.39, 0.29) is 12.0 Å². The highest BCUT2D eigenvalue weighted by Crippen LogP contribution is 2.32. The second-order valence-electron chi connectivity index (χ2n) is 5.86. The molecule has 0 N–H and O–H groups in total. The summed E-state index contributed by atoms with van der Waals surface area (Å²) in [6.45, 7) is 2.70. The van der Waals surface area contributed by atoms with Gasteiger partial charge in [0.15, 0.2) is 0 Å². The number of halogens is 3. The maximum atomic E-state index is 12.8. The largest absolute Gasteiger partial charge is 0.416 e. The van der Waals surface area contributed by atoms with E-state index in [1.807, 2.05) is 4.90 Å². The van der Waals surface area contributed by atoms with Crippen molar-refractivity contribution >= 4 is 11.6 Å². The van der Waals surface area contributed by atoms with Gasteiger partial charge in [-0.25, -0.2) is 0 Å². The predicted molar refractivity (Wildman–Crippen MR) is 79.2 cm³/mol. The van der Waals surface area contributed by atoms with Gasteiger partial charge >= 0.3 is 6.18 Å². The molecule has 2 fully saturated rings. The quantitative estimate of drug-likeness (QED) is 0.836. The Morgan fingerprint density at radius 2 is 1.91 bits per heavy atom. The topological polar surface area (TPSA) is 32.8 Å². The van der Waals surface area contributed by atoms with E-state index in [2.05, 4.69) is 0 Å². The van der Waals surface area contributed by atoms with Crippen LogP contribution in [0.2, 0.25) is 0 Å². The van der Waals surface area contributed by atoms with Crippen LogP contribution in [0.25, 0.3) is 0 Å². The maximum absolute atomic E-state index is 12.8. The molecule has 23 heavy (non-hydrogen) atoms. The van der Waals surface area contributed by atoms with Crippen molar-refractivity contribution in [1.82, 2.24) is 4.90 Å². The molecule has 1 aromatic carbocycles. The molecule has 1 atom stereocenters. The molecule has 0 bridgehead atoms. The molecule has 0 aromatic heterocycles. The summed E-state index contributed by atoms with van der Waals surface area (Å²) in [6.07, 6.45) is -3.02. The van der Waals surface area contributed by atoms with Crippen molar-refractivity contribution in [3.05, 3.63) is 29.8 Å². The van der Waals surface area contributed by atoms with Gasteiger partial charge in [0, 0.05) is 38.5 Å². The van der Waals surface area contributed by atoms with Crippen molar-refractivity contribution < 1.29 is 22.7 Å². The summed E-state index contributed by atoms with van der Waals surface area (Å²) < 4.78 is 43.8. The molecule has 3 rings (SSSR count). The molecule has 7 heteroatoms. The molecule has 4 nitrogen and oxygen atoms in total. The number of amides is 1. The summed E-state index contributed by atoms with van der Waals surface area (Å²) in [6, 6.07) is 5.33. The average Bonchev–Trinajstić information content (AvgIpc) is 3.08. The van der Waals surface area contributed by atoms with Crippen LogP contribution in [0.3, 0.4) is 0 Å². The Kier molecular flexibility index (Phi) is 4.48. The minimum atomic E-state index is -4.34. The van der Waals surface area contributed by atoms with E-state index < -0.39 is 11.7 Å². The van der Waals surface area contributed by atoms with Crippen LogP contribution in [0, 0.1) is 0 Å². The summed E-state index contributed by atoms with van der Waals surface area (Å²) in [5.41, 5.74) is -0.100. The molecule has 1 unspecified atom stereocenters. The number of carbonyl (C=O) groups excluding carboxylic acids is 1. The van der Waals surface area contributed by atoms with Gasteiger partial charge in [0.1, 0.15) is 6.10 Å². The van der Waals surface area contributed by atoms with E-state index in [1.54, 1.807) is 11.0 Å². The Bertz CT molecular complexity index is 563. The van der Waals surface area contributed by atoms with E-state index in [1.165, 1.54) is 6.07 Å². The highest BCUT2D eigenvalue weighted by molar-refractivity contribution is 5.81. The Labute approximate surface area is 132 Å². The number of piperazine rings is 1. The molecule has 1 amide bonds. The van der Waals surface area contributed by atoms with Gasteiger partial charge in [-0.3, -0.25) is 4.79 Å². The number of rotatable bonds is 2. The summed E-state index contributed by atoms with van der Waals surface area (Å²) in [5, 5.41) is 0. The van der Waals surface area contributed by atoms with Gasteiger partial charge < -0.3 is 14.5 Å². The molecule has 126 valence electrons. The second kappa shape index (κ2) is 6.39. The van der Waals surface area contributed by atoms with E-state index in [0.717, 1.165) is 25.0 Å². The van der Waals surface area contributed by atoms with Crippen LogP contribution in [0.15, 0.2) is 24.3 Å². The molecule has 1 aromatic rings. The molecular formula is C16H19F3N2O2. The zero-order valence-corrected chi connectivity index (χ0v) is 12.7. The number of carbonyl (C=O) groups is 1. The van der Waals surface area contributed by atoms with Crippen LogP contribution in [-0.4, -0.2) is 49.7 Å². The molecular weight excluding hydrogens is 309 g/mol.